The molecule has 0 bridgehead atoms. The van der Waals surface area contributed by atoms with Crippen molar-refractivity contribution < 1.29 is 203 Å². The summed E-state index contributed by atoms with van der Waals surface area (Å²) in [5.41, 5.74) is 0. The van der Waals surface area contributed by atoms with Crippen molar-refractivity contribution in [2.75, 3.05) is 52.9 Å². The first-order valence-electron chi connectivity index (χ1n) is 48.1. The van der Waals surface area contributed by atoms with Crippen LogP contribution in [0.15, 0.2) is 12.2 Å². The van der Waals surface area contributed by atoms with Crippen LogP contribution in [-0.2, 0) is 90.3 Å². The molecule has 14 unspecified atom stereocenters. The van der Waals surface area contributed by atoms with Gasteiger partial charge in [-0.2, -0.15) is 0 Å². The molecular formula is C89H158N4O41. The SMILES string of the molecule is CCCCCCCCCCCCC/C=C/[C@@H](O)[C@H](CO[C@@H]1OC(CO)[C@@H](O[C@@H]2OC(CO[C@@H]3OC(CO)[C@@H](O[C@@H]4OC(CO)[C@H](O)[C@H](O[C@]5(C(=O)O)CC(O)[C@@H](NC(C)=O)C([C@H](O)[C@H](O)CO)O5)C4O)[C@H](O)C3NC(C)=O)[C@H](O)[C@H](O[C@H]3OC(CO)[C@H](O)[C@H](O[C@@H]4OC(CO)[C@H](O)[C@H](O)C4NC(C)=O)C3O)C2O)[C@H](O)C1O)NC(=O)CCCCCCCCCCCCCCCCCCC. The molecular weight excluding hydrogens is 1780 g/mol. The molecule has 4 amide bonds. The summed E-state index contributed by atoms with van der Waals surface area (Å²) in [7, 11) is 0. The Morgan fingerprint density at radius 2 is 0.776 bits per heavy atom. The van der Waals surface area contributed by atoms with Crippen LogP contribution in [0.5, 0.6) is 0 Å². The van der Waals surface area contributed by atoms with Crippen LogP contribution in [0.1, 0.15) is 234 Å². The van der Waals surface area contributed by atoms with Crippen LogP contribution < -0.4 is 21.3 Å². The summed E-state index contributed by atoms with van der Waals surface area (Å²) in [4.78, 5) is 65.0. The first-order chi connectivity index (χ1) is 64.1. The van der Waals surface area contributed by atoms with Crippen molar-refractivity contribution in [2.24, 2.45) is 0 Å². The van der Waals surface area contributed by atoms with E-state index in [1.54, 1.807) is 6.08 Å². The second-order valence-electron chi connectivity index (χ2n) is 36.4. The van der Waals surface area contributed by atoms with Gasteiger partial charge in [0.1, 0.15) is 165 Å². The number of carbonyl (C=O) groups excluding carboxylic acids is 4. The number of carboxylic acid groups (broad SMARTS) is 1. The van der Waals surface area contributed by atoms with E-state index in [-0.39, 0.29) is 6.42 Å². The molecule has 0 aromatic rings. The number of hydrogen-bond acceptors (Lipinski definition) is 40. The summed E-state index contributed by atoms with van der Waals surface area (Å²) >= 11 is 0. The van der Waals surface area contributed by atoms with Crippen LogP contribution in [0, 0.1) is 0 Å². The number of carboxylic acids is 1. The minimum absolute atomic E-state index is 0.108. The zero-order chi connectivity index (χ0) is 98.5. The number of carbonyl (C=O) groups is 5. The lowest BCUT2D eigenvalue weighted by Gasteiger charge is -2.51. The van der Waals surface area contributed by atoms with Crippen molar-refractivity contribution in [3.8, 4) is 0 Å². The minimum atomic E-state index is -3.26. The predicted octanol–water partition coefficient (Wildman–Crippen LogP) is -4.47. The number of rotatable bonds is 61. The summed E-state index contributed by atoms with van der Waals surface area (Å²) in [6, 6.07) is -6.51. The monoisotopic (exact) mass is 1940 g/mol. The number of aliphatic hydroxyl groups excluding tert-OH is 21. The maximum Gasteiger partial charge on any atom is 0.364 e. The Morgan fingerprint density at radius 1 is 0.396 bits per heavy atom. The highest BCUT2D eigenvalue weighted by Gasteiger charge is 2.62. The molecule has 7 saturated heterocycles. The molecule has 45 heteroatoms. The van der Waals surface area contributed by atoms with Gasteiger partial charge in [-0.1, -0.05) is 193 Å². The lowest BCUT2D eigenvalue weighted by molar-refractivity contribution is -0.392. The Balaban J connectivity index is 1.11. The van der Waals surface area contributed by atoms with E-state index in [0.717, 1.165) is 85.0 Å². The Hall–Kier alpha value is -4.31. The van der Waals surface area contributed by atoms with E-state index >= 15 is 0 Å². The molecule has 0 aliphatic carbocycles. The van der Waals surface area contributed by atoms with E-state index in [2.05, 4.69) is 35.1 Å². The van der Waals surface area contributed by atoms with Crippen LogP contribution in [0.3, 0.4) is 0 Å². The van der Waals surface area contributed by atoms with Crippen LogP contribution >= 0.6 is 0 Å². The van der Waals surface area contributed by atoms with Gasteiger partial charge in [0.25, 0.3) is 5.79 Å². The van der Waals surface area contributed by atoms with E-state index in [1.165, 1.54) is 115 Å². The third-order valence-corrected chi connectivity index (χ3v) is 25.7. The number of nitrogens with one attached hydrogen (secondary N) is 4. The number of hydrogen-bond donors (Lipinski definition) is 26. The fraction of sp³-hybridized carbons (Fsp3) is 0.921. The average molecular weight is 1940 g/mol. The van der Waals surface area contributed by atoms with Crippen LogP contribution in [0.4, 0.5) is 0 Å². The standard InChI is InChI=1S/C89H158N4O41/c1-6-8-10-12-14-16-18-20-21-22-23-25-27-29-31-33-35-37-60(106)93-50(51(103)36-34-32-30-28-26-24-19-17-15-13-11-9-7-2)45-121-84-72(115)71(114)77(58(44-99)127-84)130-86-74(117)80(132-85-73(116)79(66(109)55(41-96)124-85)131-83-62(91-48(4)101)69(112)65(108)54(40-95)123-83)68(111)59(128-86)46-122-82-63(92-49(5)102)70(113)76(57(43-98)126-82)129-87-75(118)81(67(110)56(42-97)125-87)134-89(88(119)120)38-52(104)61(90-47(3)100)78(133-89)64(107)53(105)39-94/h34,36,50-59,61-87,94-99,103-105,107-118H,6-33,35,37-46H2,1-5H3,(H,90,100)(H,91,101)(H,92,102)(H,93,106)(H,119,120)/b36-34+/t50-,51+,52?,53+,54?,55?,56?,57?,58?,59?,61+,62?,63?,64+,65-,66-,67-,68-,69+,70+,71+,72?,73?,74?,75?,76+,77+,78?,79-,80-,81-,82+,83-,84+,85+,86-,87-,89-/m0/s1. The first-order valence-corrected chi connectivity index (χ1v) is 48.1. The molecule has 0 aromatic heterocycles. The third-order valence-electron chi connectivity index (χ3n) is 25.7. The Bertz CT molecular complexity index is 3340. The third kappa shape index (κ3) is 34.2. The number of allylic oxidation sites excluding steroid dienone is 1. The van der Waals surface area contributed by atoms with Crippen molar-refractivity contribution in [3.63, 3.8) is 0 Å². The summed E-state index contributed by atoms with van der Waals surface area (Å²) in [5, 5.41) is 259. The second kappa shape index (κ2) is 60.2. The van der Waals surface area contributed by atoms with Gasteiger partial charge >= 0.3 is 5.97 Å². The molecule has 780 valence electrons. The van der Waals surface area contributed by atoms with Crippen LogP contribution in [0.25, 0.3) is 0 Å². The maximum absolute atomic E-state index is 13.8. The van der Waals surface area contributed by atoms with Gasteiger partial charge in [0.2, 0.25) is 23.6 Å². The Labute approximate surface area is 781 Å². The molecule has 45 nitrogen and oxygen atoms in total. The minimum Gasteiger partial charge on any atom is -0.477 e. The highest BCUT2D eigenvalue weighted by atomic mass is 16.8. The van der Waals surface area contributed by atoms with Gasteiger partial charge in [-0.25, -0.2) is 4.79 Å². The van der Waals surface area contributed by atoms with Crippen molar-refractivity contribution >= 4 is 29.6 Å². The van der Waals surface area contributed by atoms with Crippen molar-refractivity contribution in [1.82, 2.24) is 21.3 Å². The van der Waals surface area contributed by atoms with Crippen molar-refractivity contribution in [1.29, 1.82) is 0 Å². The van der Waals surface area contributed by atoms with Gasteiger partial charge in [-0.15, -0.1) is 0 Å². The fourth-order valence-electron chi connectivity index (χ4n) is 17.9. The molecule has 7 fully saturated rings. The average Bonchev–Trinajstić information content (AvgIpc) is 0.750. The van der Waals surface area contributed by atoms with Gasteiger partial charge in [-0.05, 0) is 19.3 Å². The number of aliphatic hydroxyl groups is 21. The zero-order valence-electron chi connectivity index (χ0n) is 77.7. The number of aliphatic carboxylic acids is 1. The molecule has 26 N–H and O–H groups in total. The zero-order valence-corrected chi connectivity index (χ0v) is 77.7. The topological polar surface area (TPSA) is 708 Å². The molecule has 134 heavy (non-hydrogen) atoms. The molecule has 7 heterocycles. The fourth-order valence-corrected chi connectivity index (χ4v) is 17.9. The Kier molecular flexibility index (Phi) is 52.4. The molecule has 7 aliphatic heterocycles. The van der Waals surface area contributed by atoms with Crippen molar-refractivity contribution in [2.45, 2.75) is 466 Å². The molecule has 7 rings (SSSR count). The van der Waals surface area contributed by atoms with Crippen LogP contribution in [-0.4, -0.2) is 427 Å². The van der Waals surface area contributed by atoms with Gasteiger partial charge in [0.05, 0.1) is 77.1 Å². The quantitative estimate of drug-likeness (QED) is 0.0202. The summed E-state index contributed by atoms with van der Waals surface area (Å²) in [5.74, 6) is -8.38. The van der Waals surface area contributed by atoms with E-state index in [1.807, 2.05) is 0 Å². The van der Waals surface area contributed by atoms with E-state index in [4.69, 9.17) is 66.3 Å². The predicted molar refractivity (Wildman–Crippen MR) is 464 cm³/mol. The molecule has 0 spiro atoms. The summed E-state index contributed by atoms with van der Waals surface area (Å²) in [6.45, 7) is -0.946. The van der Waals surface area contributed by atoms with Gasteiger partial charge < -0.3 is 200 Å². The van der Waals surface area contributed by atoms with Gasteiger partial charge in [-0.3, -0.25) is 19.2 Å². The molecule has 0 radical (unpaired) electrons. The maximum atomic E-state index is 13.8. The molecule has 38 atom stereocenters. The largest absolute Gasteiger partial charge is 0.477 e. The van der Waals surface area contributed by atoms with Crippen LogP contribution in [0.2, 0.25) is 0 Å². The lowest BCUT2D eigenvalue weighted by atomic mass is 9.88. The second-order valence-corrected chi connectivity index (χ2v) is 36.4. The molecule has 7 aliphatic rings. The highest BCUT2D eigenvalue weighted by Crippen LogP contribution is 2.41. The first kappa shape index (κ1) is 117. The smallest absolute Gasteiger partial charge is 0.364 e. The summed E-state index contributed by atoms with van der Waals surface area (Å²) in [6.07, 6.45) is -34.2. The van der Waals surface area contributed by atoms with Gasteiger partial charge in [0, 0.05) is 33.6 Å². The molecule has 0 aromatic carbocycles. The normalized spacial score (nSPS) is 36.9. The van der Waals surface area contributed by atoms with Crippen molar-refractivity contribution in [3.05, 3.63) is 12.2 Å². The van der Waals surface area contributed by atoms with E-state index < -0.39 is 321 Å². The van der Waals surface area contributed by atoms with E-state index in [0.29, 0.717) is 12.8 Å². The molecule has 0 saturated carbocycles. The Morgan fingerprint density at radius 3 is 1.24 bits per heavy atom. The number of amides is 4. The van der Waals surface area contributed by atoms with Gasteiger partial charge in [0.15, 0.2) is 37.7 Å². The number of ether oxygens (including phenoxy) is 14. The number of unbranched alkanes of at least 4 members (excludes halogenated alkanes) is 27. The van der Waals surface area contributed by atoms with E-state index in [9.17, 15) is 136 Å². The lowest BCUT2D eigenvalue weighted by Crippen LogP contribution is -2.71. The summed E-state index contributed by atoms with van der Waals surface area (Å²) < 4.78 is 83.6. The highest BCUT2D eigenvalue weighted by molar-refractivity contribution is 5.77.